The van der Waals surface area contributed by atoms with Gasteiger partial charge in [0.05, 0.1) is 5.41 Å². The van der Waals surface area contributed by atoms with Crippen LogP contribution in [0.2, 0.25) is 0 Å². The van der Waals surface area contributed by atoms with E-state index in [1.54, 1.807) is 12.1 Å². The average molecular weight is 332 g/mol. The molecular formula is C19H25FN2O2. The highest BCUT2D eigenvalue weighted by atomic mass is 19.1. The number of likely N-dealkylation sites (tertiary alicyclic amines) is 1. The highest BCUT2D eigenvalue weighted by Gasteiger charge is 2.49. The third-order valence-electron chi connectivity index (χ3n) is 6.35. The van der Waals surface area contributed by atoms with Gasteiger partial charge >= 0.3 is 0 Å². The Bertz CT molecular complexity index is 612. The fraction of sp³-hybridized carbons (Fsp3) is 0.632. The van der Waals surface area contributed by atoms with Crippen molar-refractivity contribution in [1.82, 2.24) is 4.90 Å². The number of benzene rings is 1. The Morgan fingerprint density at radius 2 is 1.88 bits per heavy atom. The lowest BCUT2D eigenvalue weighted by Gasteiger charge is -2.39. The molecule has 3 atom stereocenters. The predicted molar refractivity (Wildman–Crippen MR) is 88.9 cm³/mol. The van der Waals surface area contributed by atoms with Crippen LogP contribution in [-0.2, 0) is 14.9 Å². The Kier molecular flexibility index (Phi) is 4.09. The molecule has 3 aliphatic rings. The summed E-state index contributed by atoms with van der Waals surface area (Å²) in [4.78, 5) is 15.5. The van der Waals surface area contributed by atoms with Crippen LogP contribution in [0, 0.1) is 17.7 Å². The fourth-order valence-electron chi connectivity index (χ4n) is 4.89. The Morgan fingerprint density at radius 1 is 1.17 bits per heavy atom. The number of halogens is 1. The van der Waals surface area contributed by atoms with E-state index < -0.39 is 5.41 Å². The summed E-state index contributed by atoms with van der Waals surface area (Å²) in [6.45, 7) is 2.74. The normalized spacial score (nSPS) is 31.9. The summed E-state index contributed by atoms with van der Waals surface area (Å²) in [6.07, 6.45) is 3.53. The summed E-state index contributed by atoms with van der Waals surface area (Å²) < 4.78 is 18.9. The van der Waals surface area contributed by atoms with E-state index in [4.69, 9.17) is 10.5 Å². The first kappa shape index (κ1) is 16.0. The van der Waals surface area contributed by atoms with Gasteiger partial charge in [0.15, 0.2) is 0 Å². The van der Waals surface area contributed by atoms with Crippen molar-refractivity contribution in [1.29, 1.82) is 0 Å². The van der Waals surface area contributed by atoms with Gasteiger partial charge < -0.3 is 15.4 Å². The molecule has 2 saturated heterocycles. The summed E-state index contributed by atoms with van der Waals surface area (Å²) >= 11 is 0. The lowest BCUT2D eigenvalue weighted by Crippen LogP contribution is -2.49. The van der Waals surface area contributed by atoms with Crippen molar-refractivity contribution in [2.75, 3.05) is 26.3 Å². The maximum absolute atomic E-state index is 13.5. The molecule has 24 heavy (non-hydrogen) atoms. The molecule has 1 amide bonds. The molecule has 3 unspecified atom stereocenters. The minimum absolute atomic E-state index is 0.180. The van der Waals surface area contributed by atoms with Gasteiger partial charge in [-0.05, 0) is 55.2 Å². The van der Waals surface area contributed by atoms with Crippen LogP contribution in [-0.4, -0.2) is 43.2 Å². The van der Waals surface area contributed by atoms with E-state index >= 15 is 0 Å². The molecular weight excluding hydrogens is 307 g/mol. The molecule has 2 heterocycles. The van der Waals surface area contributed by atoms with E-state index in [0.29, 0.717) is 37.9 Å². The fourth-order valence-corrected chi connectivity index (χ4v) is 4.89. The second kappa shape index (κ2) is 6.12. The predicted octanol–water partition coefficient (Wildman–Crippen LogP) is 2.07. The highest BCUT2D eigenvalue weighted by molar-refractivity contribution is 5.88. The molecule has 0 radical (unpaired) electrons. The van der Waals surface area contributed by atoms with Gasteiger partial charge in [0.2, 0.25) is 5.91 Å². The number of hydrogen-bond acceptors (Lipinski definition) is 3. The number of carbonyl (C=O) groups is 1. The van der Waals surface area contributed by atoms with Crippen LogP contribution in [0.15, 0.2) is 24.3 Å². The van der Waals surface area contributed by atoms with Crippen LogP contribution < -0.4 is 5.73 Å². The van der Waals surface area contributed by atoms with Crippen LogP contribution >= 0.6 is 0 Å². The van der Waals surface area contributed by atoms with Crippen molar-refractivity contribution in [3.63, 3.8) is 0 Å². The molecule has 1 aromatic rings. The summed E-state index contributed by atoms with van der Waals surface area (Å²) in [6, 6.07) is 6.66. The highest BCUT2D eigenvalue weighted by Crippen LogP contribution is 2.42. The lowest BCUT2D eigenvalue weighted by atomic mass is 9.73. The quantitative estimate of drug-likeness (QED) is 0.902. The number of hydrogen-bond donors (Lipinski definition) is 1. The number of ether oxygens (including phenoxy) is 1. The van der Waals surface area contributed by atoms with E-state index in [2.05, 4.69) is 0 Å². The minimum Gasteiger partial charge on any atom is -0.381 e. The van der Waals surface area contributed by atoms with Gasteiger partial charge in [-0.2, -0.15) is 0 Å². The van der Waals surface area contributed by atoms with Gasteiger partial charge in [0, 0.05) is 32.3 Å². The number of amides is 1. The van der Waals surface area contributed by atoms with Gasteiger partial charge in [-0.1, -0.05) is 12.1 Å². The summed E-state index contributed by atoms with van der Waals surface area (Å²) in [7, 11) is 0. The summed E-state index contributed by atoms with van der Waals surface area (Å²) in [5.41, 5.74) is 6.56. The Labute approximate surface area is 142 Å². The number of fused-ring (bicyclic) bond motifs is 1. The van der Waals surface area contributed by atoms with Crippen LogP contribution in [0.25, 0.3) is 0 Å². The monoisotopic (exact) mass is 332 g/mol. The molecule has 4 rings (SSSR count). The second-order valence-electron chi connectivity index (χ2n) is 7.58. The standard InChI is InChI=1S/C19H25FN2O2/c20-15-4-2-14(3-5-15)19(7-9-24-10-8-19)18(23)22-11-13-1-6-17(21)16(13)12-22/h2-5,13,16-17H,1,6-12,21H2. The van der Waals surface area contributed by atoms with Crippen LogP contribution in [0.4, 0.5) is 4.39 Å². The number of nitrogens with two attached hydrogens (primary N) is 1. The number of carbonyl (C=O) groups excluding carboxylic acids is 1. The molecule has 0 spiro atoms. The molecule has 0 bridgehead atoms. The summed E-state index contributed by atoms with van der Waals surface area (Å²) in [5.74, 6) is 0.905. The van der Waals surface area contributed by atoms with Crippen molar-refractivity contribution in [2.45, 2.75) is 37.1 Å². The first-order valence-corrected chi connectivity index (χ1v) is 8.99. The maximum Gasteiger partial charge on any atom is 0.233 e. The zero-order valence-corrected chi connectivity index (χ0v) is 13.9. The molecule has 130 valence electrons. The smallest absolute Gasteiger partial charge is 0.233 e. The molecule has 1 saturated carbocycles. The topological polar surface area (TPSA) is 55.6 Å². The van der Waals surface area contributed by atoms with Gasteiger partial charge in [-0.25, -0.2) is 4.39 Å². The average Bonchev–Trinajstić information content (AvgIpc) is 3.18. The number of nitrogens with zero attached hydrogens (tertiary/aromatic N) is 1. The Hall–Kier alpha value is -1.46. The van der Waals surface area contributed by atoms with E-state index in [-0.39, 0.29) is 17.8 Å². The van der Waals surface area contributed by atoms with E-state index in [1.165, 1.54) is 12.1 Å². The Balaban J connectivity index is 1.62. The molecule has 2 aliphatic heterocycles. The lowest BCUT2D eigenvalue weighted by molar-refractivity contribution is -0.140. The molecule has 1 aliphatic carbocycles. The van der Waals surface area contributed by atoms with Gasteiger partial charge in [-0.3, -0.25) is 4.79 Å². The zero-order chi connectivity index (χ0) is 16.7. The van der Waals surface area contributed by atoms with Crippen LogP contribution in [0.1, 0.15) is 31.2 Å². The SMILES string of the molecule is NC1CCC2CN(C(=O)C3(c4ccc(F)cc4)CCOCC3)CC12. The number of rotatable bonds is 2. The van der Waals surface area contributed by atoms with Crippen molar-refractivity contribution >= 4 is 5.91 Å². The van der Waals surface area contributed by atoms with E-state index in [1.807, 2.05) is 4.90 Å². The first-order chi connectivity index (χ1) is 11.6. The Morgan fingerprint density at radius 3 is 2.54 bits per heavy atom. The van der Waals surface area contributed by atoms with Crippen molar-refractivity contribution in [3.05, 3.63) is 35.6 Å². The van der Waals surface area contributed by atoms with E-state index in [9.17, 15) is 9.18 Å². The van der Waals surface area contributed by atoms with Gasteiger partial charge in [-0.15, -0.1) is 0 Å². The van der Waals surface area contributed by atoms with Gasteiger partial charge in [0.1, 0.15) is 5.82 Å². The third kappa shape index (κ3) is 2.54. The molecule has 2 N–H and O–H groups in total. The largest absolute Gasteiger partial charge is 0.381 e. The molecule has 0 aromatic heterocycles. The van der Waals surface area contributed by atoms with E-state index in [0.717, 1.165) is 31.5 Å². The van der Waals surface area contributed by atoms with Crippen molar-refractivity contribution < 1.29 is 13.9 Å². The van der Waals surface area contributed by atoms with Crippen molar-refractivity contribution in [3.8, 4) is 0 Å². The summed E-state index contributed by atoms with van der Waals surface area (Å²) in [5, 5.41) is 0. The minimum atomic E-state index is -0.575. The molecule has 4 nitrogen and oxygen atoms in total. The molecule has 1 aromatic carbocycles. The van der Waals surface area contributed by atoms with Crippen molar-refractivity contribution in [2.24, 2.45) is 17.6 Å². The first-order valence-electron chi connectivity index (χ1n) is 8.99. The molecule has 5 heteroatoms. The second-order valence-corrected chi connectivity index (χ2v) is 7.58. The van der Waals surface area contributed by atoms with Crippen LogP contribution in [0.5, 0.6) is 0 Å². The molecule has 3 fully saturated rings. The third-order valence-corrected chi connectivity index (χ3v) is 6.35. The van der Waals surface area contributed by atoms with Gasteiger partial charge in [0.25, 0.3) is 0 Å². The zero-order valence-electron chi connectivity index (χ0n) is 13.9. The maximum atomic E-state index is 13.5. The van der Waals surface area contributed by atoms with Crippen LogP contribution in [0.3, 0.4) is 0 Å².